The molecular weight excluding hydrogens is 268 g/mol. The molecule has 0 heterocycles. The van der Waals surface area contributed by atoms with Crippen LogP contribution in [-0.4, -0.2) is 22.2 Å². The monoisotopic (exact) mass is 292 g/mol. The fraction of sp³-hybridized carbons (Fsp3) is 0.647. The lowest BCUT2D eigenvalue weighted by atomic mass is 10.0. The highest BCUT2D eigenvalue weighted by Crippen LogP contribution is 2.32. The van der Waals surface area contributed by atoms with E-state index < -0.39 is 0 Å². The van der Waals surface area contributed by atoms with Gasteiger partial charge >= 0.3 is 0 Å². The van der Waals surface area contributed by atoms with E-state index in [2.05, 4.69) is 0 Å². The van der Waals surface area contributed by atoms with Gasteiger partial charge in [0.05, 0.1) is 12.2 Å². The molecule has 2 nitrogen and oxygen atoms in total. The molecule has 2 aliphatic carbocycles. The predicted molar refractivity (Wildman–Crippen MR) is 84.4 cm³/mol. The van der Waals surface area contributed by atoms with Crippen molar-refractivity contribution in [1.82, 2.24) is 0 Å². The van der Waals surface area contributed by atoms with E-state index in [1.54, 1.807) is 0 Å². The van der Waals surface area contributed by atoms with Crippen LogP contribution in [0, 0.1) is 0 Å². The first-order chi connectivity index (χ1) is 9.81. The van der Waals surface area contributed by atoms with E-state index >= 15 is 0 Å². The van der Waals surface area contributed by atoms with Gasteiger partial charge in [-0.1, -0.05) is 31.4 Å². The molecule has 0 amide bonds. The molecule has 0 aromatic heterocycles. The van der Waals surface area contributed by atoms with Crippen LogP contribution in [0.15, 0.2) is 24.3 Å². The standard InChI is InChI=1S/C17H24O2S/c18-17(12-20-16-7-2-1-3-8-16)13-5-4-6-15(11-13)19-14-9-10-14/h4-6,11,14,16-18H,1-3,7-10,12H2. The lowest BCUT2D eigenvalue weighted by Gasteiger charge is -2.22. The second kappa shape index (κ2) is 6.86. The predicted octanol–water partition coefficient (Wildman–Crippen LogP) is 4.33. The molecule has 0 bridgehead atoms. The zero-order valence-corrected chi connectivity index (χ0v) is 12.8. The molecule has 3 heteroatoms. The third kappa shape index (κ3) is 4.16. The smallest absolute Gasteiger partial charge is 0.120 e. The van der Waals surface area contributed by atoms with Crippen LogP contribution in [0.2, 0.25) is 0 Å². The average Bonchev–Trinajstić information content (AvgIpc) is 3.30. The molecule has 0 saturated heterocycles. The van der Waals surface area contributed by atoms with Gasteiger partial charge in [-0.3, -0.25) is 0 Å². The minimum absolute atomic E-state index is 0.371. The van der Waals surface area contributed by atoms with Crippen LogP contribution < -0.4 is 4.74 Å². The van der Waals surface area contributed by atoms with Gasteiger partial charge in [-0.15, -0.1) is 0 Å². The van der Waals surface area contributed by atoms with Gasteiger partial charge in [0, 0.05) is 11.0 Å². The Balaban J connectivity index is 1.51. The Morgan fingerprint density at radius 2 is 1.95 bits per heavy atom. The maximum absolute atomic E-state index is 10.3. The molecule has 2 aliphatic rings. The van der Waals surface area contributed by atoms with Gasteiger partial charge in [0.1, 0.15) is 5.75 Å². The third-order valence-corrected chi connectivity index (χ3v) is 5.56. The summed E-state index contributed by atoms with van der Waals surface area (Å²) < 4.78 is 5.79. The van der Waals surface area contributed by atoms with E-state index in [9.17, 15) is 5.11 Å². The number of benzene rings is 1. The van der Waals surface area contributed by atoms with Crippen LogP contribution in [0.5, 0.6) is 5.75 Å². The summed E-state index contributed by atoms with van der Waals surface area (Å²) in [5.41, 5.74) is 0.992. The molecule has 1 atom stereocenters. The normalized spacial score (nSPS) is 21.6. The van der Waals surface area contributed by atoms with Gasteiger partial charge in [-0.2, -0.15) is 11.8 Å². The van der Waals surface area contributed by atoms with E-state index in [-0.39, 0.29) is 6.10 Å². The summed E-state index contributed by atoms with van der Waals surface area (Å²) in [6, 6.07) is 7.99. The highest BCUT2D eigenvalue weighted by molar-refractivity contribution is 7.99. The summed E-state index contributed by atoms with van der Waals surface area (Å²) in [5, 5.41) is 11.1. The molecule has 20 heavy (non-hydrogen) atoms. The Labute approximate surface area is 125 Å². The molecule has 1 N–H and O–H groups in total. The van der Waals surface area contributed by atoms with Crippen molar-refractivity contribution in [2.24, 2.45) is 0 Å². The van der Waals surface area contributed by atoms with Crippen molar-refractivity contribution in [2.75, 3.05) is 5.75 Å². The number of thioether (sulfide) groups is 1. The molecule has 1 aromatic carbocycles. The number of ether oxygens (including phenoxy) is 1. The van der Waals surface area contributed by atoms with Gasteiger partial charge in [0.25, 0.3) is 0 Å². The van der Waals surface area contributed by atoms with Crippen molar-refractivity contribution >= 4 is 11.8 Å². The SMILES string of the molecule is OC(CSC1CCCCC1)c1cccc(OC2CC2)c1. The highest BCUT2D eigenvalue weighted by atomic mass is 32.2. The van der Waals surface area contributed by atoms with Crippen molar-refractivity contribution in [3.05, 3.63) is 29.8 Å². The minimum Gasteiger partial charge on any atom is -0.490 e. The van der Waals surface area contributed by atoms with Crippen molar-refractivity contribution in [2.45, 2.75) is 62.4 Å². The Kier molecular flexibility index (Phi) is 4.90. The molecule has 2 fully saturated rings. The largest absolute Gasteiger partial charge is 0.490 e. The van der Waals surface area contributed by atoms with Gasteiger partial charge in [0.15, 0.2) is 0 Å². The zero-order valence-electron chi connectivity index (χ0n) is 12.0. The van der Waals surface area contributed by atoms with Gasteiger partial charge in [0.2, 0.25) is 0 Å². The van der Waals surface area contributed by atoms with Crippen LogP contribution in [0.4, 0.5) is 0 Å². The van der Waals surface area contributed by atoms with Crippen LogP contribution in [-0.2, 0) is 0 Å². The fourth-order valence-electron chi connectivity index (χ4n) is 2.73. The van der Waals surface area contributed by atoms with E-state index in [1.807, 2.05) is 36.0 Å². The summed E-state index contributed by atoms with van der Waals surface area (Å²) in [6.45, 7) is 0. The number of aliphatic hydroxyl groups is 1. The molecular formula is C17H24O2S. The lowest BCUT2D eigenvalue weighted by molar-refractivity contribution is 0.203. The van der Waals surface area contributed by atoms with E-state index in [0.717, 1.165) is 22.3 Å². The van der Waals surface area contributed by atoms with E-state index in [4.69, 9.17) is 4.74 Å². The summed E-state index contributed by atoms with van der Waals surface area (Å²) in [6.07, 6.45) is 9.14. The zero-order chi connectivity index (χ0) is 13.8. The van der Waals surface area contributed by atoms with Gasteiger partial charge in [-0.25, -0.2) is 0 Å². The number of rotatable bonds is 6. The fourth-order valence-corrected chi connectivity index (χ4v) is 4.04. The summed E-state index contributed by atoms with van der Waals surface area (Å²) in [5.74, 6) is 1.71. The van der Waals surface area contributed by atoms with Crippen LogP contribution >= 0.6 is 11.8 Å². The molecule has 3 rings (SSSR count). The number of hydrogen-bond donors (Lipinski definition) is 1. The minimum atomic E-state index is -0.371. The molecule has 110 valence electrons. The summed E-state index contributed by atoms with van der Waals surface area (Å²) >= 11 is 1.94. The van der Waals surface area contributed by atoms with Crippen LogP contribution in [0.1, 0.15) is 56.6 Å². The lowest BCUT2D eigenvalue weighted by Crippen LogP contribution is -2.11. The first-order valence-electron chi connectivity index (χ1n) is 7.87. The number of aliphatic hydroxyl groups excluding tert-OH is 1. The van der Waals surface area contributed by atoms with Crippen LogP contribution in [0.25, 0.3) is 0 Å². The van der Waals surface area contributed by atoms with Crippen LogP contribution in [0.3, 0.4) is 0 Å². The third-order valence-electron chi connectivity index (χ3n) is 4.11. The van der Waals surface area contributed by atoms with E-state index in [0.29, 0.717) is 6.10 Å². The first kappa shape index (κ1) is 14.3. The van der Waals surface area contributed by atoms with E-state index in [1.165, 1.54) is 44.9 Å². The topological polar surface area (TPSA) is 29.5 Å². The molecule has 1 aromatic rings. The molecule has 1 unspecified atom stereocenters. The first-order valence-corrected chi connectivity index (χ1v) is 8.92. The van der Waals surface area contributed by atoms with Crippen molar-refractivity contribution in [3.8, 4) is 5.75 Å². The number of hydrogen-bond acceptors (Lipinski definition) is 3. The van der Waals surface area contributed by atoms with Gasteiger partial charge < -0.3 is 9.84 Å². The maximum Gasteiger partial charge on any atom is 0.120 e. The quantitative estimate of drug-likeness (QED) is 0.846. The molecule has 0 spiro atoms. The Morgan fingerprint density at radius 1 is 1.15 bits per heavy atom. The molecule has 0 radical (unpaired) electrons. The second-order valence-electron chi connectivity index (χ2n) is 6.00. The second-order valence-corrected chi connectivity index (χ2v) is 7.33. The van der Waals surface area contributed by atoms with Gasteiger partial charge in [-0.05, 0) is 43.4 Å². The Morgan fingerprint density at radius 3 is 2.70 bits per heavy atom. The van der Waals surface area contributed by atoms with Crippen molar-refractivity contribution in [1.29, 1.82) is 0 Å². The average molecular weight is 292 g/mol. The summed E-state index contributed by atoms with van der Waals surface area (Å²) in [4.78, 5) is 0. The van der Waals surface area contributed by atoms with Crippen molar-refractivity contribution < 1.29 is 9.84 Å². The molecule has 0 aliphatic heterocycles. The Hall–Kier alpha value is -0.670. The molecule has 2 saturated carbocycles. The summed E-state index contributed by atoms with van der Waals surface area (Å²) in [7, 11) is 0. The highest BCUT2D eigenvalue weighted by Gasteiger charge is 2.23. The maximum atomic E-state index is 10.3. The van der Waals surface area contributed by atoms with Crippen molar-refractivity contribution in [3.63, 3.8) is 0 Å². The Bertz CT molecular complexity index is 425.